The highest BCUT2D eigenvalue weighted by Crippen LogP contribution is 2.26. The summed E-state index contributed by atoms with van der Waals surface area (Å²) >= 11 is 0. The van der Waals surface area contributed by atoms with Crippen molar-refractivity contribution in [2.24, 2.45) is 0 Å². The topological polar surface area (TPSA) is 114 Å². The number of aromatic amines is 1. The summed E-state index contributed by atoms with van der Waals surface area (Å²) in [6.45, 7) is 0. The lowest BCUT2D eigenvalue weighted by Gasteiger charge is -2.11. The molecule has 0 fully saturated rings. The predicted molar refractivity (Wildman–Crippen MR) is 112 cm³/mol. The average molecular weight is 420 g/mol. The number of benzene rings is 2. The Labute approximate surface area is 172 Å². The first-order valence-electron chi connectivity index (χ1n) is 8.89. The van der Waals surface area contributed by atoms with E-state index in [1.54, 1.807) is 18.2 Å². The fourth-order valence-corrected chi connectivity index (χ4v) is 3.58. The van der Waals surface area contributed by atoms with Crippen LogP contribution in [0.1, 0.15) is 0 Å². The van der Waals surface area contributed by atoms with Crippen LogP contribution in [0.25, 0.3) is 11.3 Å². The van der Waals surface area contributed by atoms with Gasteiger partial charge in [0.1, 0.15) is 5.75 Å². The molecule has 2 N–H and O–H groups in total. The van der Waals surface area contributed by atoms with Crippen molar-refractivity contribution in [1.82, 2.24) is 15.0 Å². The number of ether oxygens (including phenoxy) is 1. The predicted octanol–water partition coefficient (Wildman–Crippen LogP) is 3.43. The molecule has 150 valence electrons. The second kappa shape index (κ2) is 8.18. The zero-order valence-corrected chi connectivity index (χ0v) is 16.3. The molecule has 0 bridgehead atoms. The van der Waals surface area contributed by atoms with E-state index in [1.165, 1.54) is 18.2 Å². The third kappa shape index (κ3) is 4.53. The number of H-pyrrole nitrogens is 1. The number of hydrogen-bond acceptors (Lipinski definition) is 6. The normalized spacial score (nSPS) is 11.1. The van der Waals surface area contributed by atoms with Crippen LogP contribution in [0.15, 0.2) is 94.7 Å². The Hall–Kier alpha value is -3.98. The third-order valence-corrected chi connectivity index (χ3v) is 5.26. The molecule has 4 rings (SSSR count). The summed E-state index contributed by atoms with van der Waals surface area (Å²) < 4.78 is 33.4. The van der Waals surface area contributed by atoms with Crippen LogP contribution in [0.5, 0.6) is 11.6 Å². The van der Waals surface area contributed by atoms with Crippen LogP contribution in [-0.4, -0.2) is 23.4 Å². The van der Waals surface area contributed by atoms with Gasteiger partial charge in [0.15, 0.2) is 5.03 Å². The number of anilines is 1. The van der Waals surface area contributed by atoms with Crippen molar-refractivity contribution < 1.29 is 13.2 Å². The van der Waals surface area contributed by atoms with Gasteiger partial charge < -0.3 is 9.72 Å². The van der Waals surface area contributed by atoms with E-state index in [2.05, 4.69) is 19.7 Å². The van der Waals surface area contributed by atoms with Gasteiger partial charge in [-0.1, -0.05) is 54.6 Å². The Morgan fingerprint density at radius 2 is 1.53 bits per heavy atom. The maximum atomic E-state index is 12.7. The van der Waals surface area contributed by atoms with Crippen molar-refractivity contribution in [3.05, 3.63) is 95.3 Å². The van der Waals surface area contributed by atoms with E-state index in [0.717, 1.165) is 5.56 Å². The van der Waals surface area contributed by atoms with E-state index in [0.29, 0.717) is 11.4 Å². The molecule has 0 spiro atoms. The monoisotopic (exact) mass is 420 g/mol. The first-order valence-corrected chi connectivity index (χ1v) is 10.4. The minimum absolute atomic E-state index is 0.161. The molecule has 0 saturated heterocycles. The lowest BCUT2D eigenvalue weighted by atomic mass is 10.1. The number of sulfonamides is 1. The molecule has 2 heterocycles. The lowest BCUT2D eigenvalue weighted by Crippen LogP contribution is -2.19. The third-order valence-electron chi connectivity index (χ3n) is 3.99. The second-order valence-corrected chi connectivity index (χ2v) is 7.83. The van der Waals surface area contributed by atoms with Gasteiger partial charge in [0, 0.05) is 17.7 Å². The first-order chi connectivity index (χ1) is 14.5. The van der Waals surface area contributed by atoms with Gasteiger partial charge in [-0.05, 0) is 18.2 Å². The van der Waals surface area contributed by atoms with E-state index >= 15 is 0 Å². The summed E-state index contributed by atoms with van der Waals surface area (Å²) in [6, 6.07) is 23.6. The summed E-state index contributed by atoms with van der Waals surface area (Å²) in [5.74, 6) is 0.512. The fraction of sp³-hybridized carbons (Fsp3) is 0. The van der Waals surface area contributed by atoms with E-state index in [-0.39, 0.29) is 16.9 Å². The molecule has 0 aliphatic heterocycles. The van der Waals surface area contributed by atoms with Crippen LogP contribution in [0, 0.1) is 0 Å². The average Bonchev–Trinajstić information content (AvgIpc) is 2.75. The van der Waals surface area contributed by atoms with Gasteiger partial charge in [-0.15, -0.1) is 0 Å². The molecule has 30 heavy (non-hydrogen) atoms. The smallest absolute Gasteiger partial charge is 0.279 e. The van der Waals surface area contributed by atoms with Crippen LogP contribution in [-0.2, 0) is 10.0 Å². The van der Waals surface area contributed by atoms with Crippen molar-refractivity contribution in [2.45, 2.75) is 5.03 Å². The Morgan fingerprint density at radius 3 is 2.23 bits per heavy atom. The Bertz CT molecular complexity index is 1320. The van der Waals surface area contributed by atoms with Crippen LogP contribution in [0.2, 0.25) is 0 Å². The van der Waals surface area contributed by atoms with Gasteiger partial charge in [-0.3, -0.25) is 4.79 Å². The maximum absolute atomic E-state index is 12.7. The zero-order chi connectivity index (χ0) is 21.0. The highest BCUT2D eigenvalue weighted by Gasteiger charge is 2.18. The standard InChI is InChI=1S/C21H16N4O4S/c26-18-12-7-13-20(23-18)30(27,28)25-21-22-17(15-8-3-1-4-9-15)14-19(24-21)29-16-10-5-2-6-11-16/h1-14H,(H,23,26)(H,22,24,25). The number of pyridine rings is 1. The van der Waals surface area contributed by atoms with Gasteiger partial charge in [0.25, 0.3) is 10.0 Å². The number of rotatable bonds is 6. The van der Waals surface area contributed by atoms with Crippen molar-refractivity contribution >= 4 is 16.0 Å². The molecule has 2 aromatic carbocycles. The van der Waals surface area contributed by atoms with E-state index in [1.807, 2.05) is 48.5 Å². The first kappa shape index (κ1) is 19.3. The highest BCUT2D eigenvalue weighted by molar-refractivity contribution is 7.92. The summed E-state index contributed by atoms with van der Waals surface area (Å²) in [7, 11) is -4.11. The number of para-hydroxylation sites is 1. The molecular formula is C21H16N4O4S. The van der Waals surface area contributed by atoms with E-state index < -0.39 is 15.6 Å². The molecule has 0 radical (unpaired) electrons. The number of hydrogen-bond donors (Lipinski definition) is 2. The highest BCUT2D eigenvalue weighted by atomic mass is 32.2. The van der Waals surface area contributed by atoms with E-state index in [9.17, 15) is 13.2 Å². The van der Waals surface area contributed by atoms with Crippen LogP contribution in [0.4, 0.5) is 5.95 Å². The summed E-state index contributed by atoms with van der Waals surface area (Å²) in [4.78, 5) is 22.2. The molecule has 0 unspecified atom stereocenters. The molecular weight excluding hydrogens is 404 g/mol. The largest absolute Gasteiger partial charge is 0.439 e. The minimum Gasteiger partial charge on any atom is -0.439 e. The molecule has 0 atom stereocenters. The number of nitrogens with zero attached hydrogens (tertiary/aromatic N) is 2. The summed E-state index contributed by atoms with van der Waals surface area (Å²) in [6.07, 6.45) is 0. The second-order valence-electron chi connectivity index (χ2n) is 6.18. The molecule has 9 heteroatoms. The van der Waals surface area contributed by atoms with Crippen molar-refractivity contribution in [3.63, 3.8) is 0 Å². The van der Waals surface area contributed by atoms with Gasteiger partial charge in [0.2, 0.25) is 17.4 Å². The summed E-state index contributed by atoms with van der Waals surface area (Å²) in [5.41, 5.74) is 0.687. The maximum Gasteiger partial charge on any atom is 0.279 e. The lowest BCUT2D eigenvalue weighted by molar-refractivity contribution is 0.463. The van der Waals surface area contributed by atoms with Gasteiger partial charge in [-0.25, -0.2) is 9.71 Å². The fourth-order valence-electron chi connectivity index (χ4n) is 2.65. The minimum atomic E-state index is -4.11. The van der Waals surface area contributed by atoms with Crippen LogP contribution >= 0.6 is 0 Å². The molecule has 4 aromatic rings. The van der Waals surface area contributed by atoms with E-state index in [4.69, 9.17) is 4.74 Å². The van der Waals surface area contributed by atoms with Crippen LogP contribution < -0.4 is 15.0 Å². The zero-order valence-electron chi connectivity index (χ0n) is 15.5. The molecule has 0 aliphatic rings. The summed E-state index contributed by atoms with van der Waals surface area (Å²) in [5, 5.41) is -0.297. The van der Waals surface area contributed by atoms with Gasteiger partial charge >= 0.3 is 0 Å². The van der Waals surface area contributed by atoms with Crippen LogP contribution in [0.3, 0.4) is 0 Å². The molecule has 0 amide bonds. The molecule has 0 aliphatic carbocycles. The van der Waals surface area contributed by atoms with Crippen molar-refractivity contribution in [3.8, 4) is 22.9 Å². The molecule has 8 nitrogen and oxygen atoms in total. The molecule has 0 saturated carbocycles. The molecule has 2 aromatic heterocycles. The Morgan fingerprint density at radius 1 is 0.833 bits per heavy atom. The van der Waals surface area contributed by atoms with Crippen molar-refractivity contribution in [1.29, 1.82) is 0 Å². The SMILES string of the molecule is O=c1cccc(S(=O)(=O)Nc2nc(Oc3ccccc3)cc(-c3ccccc3)n2)[nH]1. The number of aromatic nitrogens is 3. The van der Waals surface area contributed by atoms with Gasteiger partial charge in [0.05, 0.1) is 5.69 Å². The number of nitrogens with one attached hydrogen (secondary N) is 2. The Balaban J connectivity index is 1.74. The quantitative estimate of drug-likeness (QED) is 0.494. The van der Waals surface area contributed by atoms with Crippen molar-refractivity contribution in [2.75, 3.05) is 4.72 Å². The Kier molecular flexibility index (Phi) is 5.27. The van der Waals surface area contributed by atoms with Gasteiger partial charge in [-0.2, -0.15) is 13.4 Å².